The van der Waals surface area contributed by atoms with Gasteiger partial charge in [-0.25, -0.2) is 8.42 Å². The average Bonchev–Trinajstić information content (AvgIpc) is 2.43. The summed E-state index contributed by atoms with van der Waals surface area (Å²) in [4.78, 5) is 12.5. The van der Waals surface area contributed by atoms with Crippen molar-refractivity contribution in [3.05, 3.63) is 42.5 Å². The molecule has 1 aromatic carbocycles. The molecule has 122 valence electrons. The van der Waals surface area contributed by atoms with Crippen molar-refractivity contribution in [2.24, 2.45) is 0 Å². The van der Waals surface area contributed by atoms with Gasteiger partial charge in [0.2, 0.25) is 5.12 Å². The summed E-state index contributed by atoms with van der Waals surface area (Å²) in [7, 11) is -5.00. The van der Waals surface area contributed by atoms with Gasteiger partial charge in [0.25, 0.3) is 0 Å². The highest BCUT2D eigenvalue weighted by atomic mass is 32.2. The van der Waals surface area contributed by atoms with Gasteiger partial charge in [-0.3, -0.25) is 4.79 Å². The van der Waals surface area contributed by atoms with Crippen LogP contribution in [0.3, 0.4) is 0 Å². The van der Waals surface area contributed by atoms with Crippen molar-refractivity contribution in [2.75, 3.05) is 5.75 Å². The lowest BCUT2D eigenvalue weighted by molar-refractivity contribution is -0.110. The molecule has 1 atom stereocenters. The smallest absolute Gasteiger partial charge is 0.211 e. The Labute approximate surface area is 139 Å². The van der Waals surface area contributed by atoms with Crippen LogP contribution in [0, 0.1) is 0 Å². The molecular weight excluding hydrogens is 332 g/mol. The molecule has 1 unspecified atom stereocenters. The number of rotatable bonds is 7. The van der Waals surface area contributed by atoms with Gasteiger partial charge < -0.3 is 0 Å². The van der Waals surface area contributed by atoms with Gasteiger partial charge in [-0.1, -0.05) is 68.7 Å². The largest absolute Gasteiger partial charge is 0.285 e. The third kappa shape index (κ3) is 5.74. The molecule has 0 heterocycles. The number of thioether (sulfide) groups is 1. The fourth-order valence-corrected chi connectivity index (χ4v) is 5.19. The zero-order valence-corrected chi connectivity index (χ0v) is 16.2. The van der Waals surface area contributed by atoms with Crippen LogP contribution in [0.5, 0.6) is 0 Å². The van der Waals surface area contributed by atoms with Gasteiger partial charge in [-0.2, -0.15) is 0 Å². The Bertz CT molecular complexity index is 617. The van der Waals surface area contributed by atoms with Crippen LogP contribution >= 0.6 is 11.8 Å². The highest BCUT2D eigenvalue weighted by Gasteiger charge is 2.31. The van der Waals surface area contributed by atoms with Crippen molar-refractivity contribution in [3.63, 3.8) is 0 Å². The van der Waals surface area contributed by atoms with Crippen LogP contribution in [0.2, 0.25) is 25.7 Å². The topological polar surface area (TPSA) is 51.2 Å². The van der Waals surface area contributed by atoms with E-state index in [2.05, 4.69) is 19.6 Å². The highest BCUT2D eigenvalue weighted by Crippen LogP contribution is 2.22. The minimum absolute atomic E-state index is 0.197. The van der Waals surface area contributed by atoms with Crippen molar-refractivity contribution in [1.29, 1.82) is 0 Å². The molecule has 22 heavy (non-hydrogen) atoms. The summed E-state index contributed by atoms with van der Waals surface area (Å²) >= 11 is 1.06. The molecule has 3 nitrogen and oxygen atoms in total. The lowest BCUT2D eigenvalue weighted by Crippen LogP contribution is -2.27. The Morgan fingerprint density at radius 3 is 2.32 bits per heavy atom. The van der Waals surface area contributed by atoms with E-state index >= 15 is 0 Å². The van der Waals surface area contributed by atoms with Gasteiger partial charge in [0.05, 0.1) is 4.90 Å². The maximum atomic E-state index is 12.7. The van der Waals surface area contributed by atoms with Crippen LogP contribution in [-0.4, -0.2) is 32.6 Å². The van der Waals surface area contributed by atoms with Gasteiger partial charge in [0, 0.05) is 8.07 Å². The van der Waals surface area contributed by atoms with Gasteiger partial charge in [0.15, 0.2) is 15.1 Å². The highest BCUT2D eigenvalue weighted by molar-refractivity contribution is 8.15. The zero-order valence-electron chi connectivity index (χ0n) is 13.6. The van der Waals surface area contributed by atoms with Gasteiger partial charge in [-0.15, -0.1) is 0 Å². The summed E-state index contributed by atoms with van der Waals surface area (Å²) in [6.07, 6.45) is 3.44. The summed E-state index contributed by atoms with van der Waals surface area (Å²) in [6.45, 7) is 8.47. The molecule has 0 N–H and O–H groups in total. The first-order chi connectivity index (χ1) is 10.2. The van der Waals surface area contributed by atoms with E-state index in [0.29, 0.717) is 5.75 Å². The first-order valence-corrected chi connectivity index (χ1v) is 13.5. The Morgan fingerprint density at radius 1 is 1.23 bits per heavy atom. The number of carbonyl (C=O) groups excluding carboxylic acids is 1. The molecule has 6 heteroatoms. The minimum atomic E-state index is -3.68. The summed E-state index contributed by atoms with van der Waals surface area (Å²) in [5, 5.41) is -1.41. The summed E-state index contributed by atoms with van der Waals surface area (Å²) in [5.41, 5.74) is 0. The quantitative estimate of drug-likeness (QED) is 0.547. The van der Waals surface area contributed by atoms with E-state index < -0.39 is 23.2 Å². The molecule has 0 spiro atoms. The summed E-state index contributed by atoms with van der Waals surface area (Å²) < 4.78 is 25.5. The second-order valence-electron chi connectivity index (χ2n) is 6.22. The standard InChI is InChI=1S/C16H24O3S2Si/c1-5-20-16(17)15(12-9-13-22(2,3)4)21(18,19)14-10-7-6-8-11-14/h6-12,15H,5,13H2,1-4H3/b12-9+. The Morgan fingerprint density at radius 2 is 1.82 bits per heavy atom. The SMILES string of the molecule is CCSC(=O)C(/C=C/C[Si](C)(C)C)S(=O)(=O)c1ccccc1. The fourth-order valence-electron chi connectivity index (χ4n) is 1.84. The first-order valence-electron chi connectivity index (χ1n) is 7.31. The van der Waals surface area contributed by atoms with Crippen LogP contribution in [-0.2, 0) is 14.6 Å². The molecule has 0 saturated heterocycles. The van der Waals surface area contributed by atoms with Crippen LogP contribution < -0.4 is 0 Å². The second kappa shape index (κ2) is 8.13. The second-order valence-corrected chi connectivity index (χ2v) is 15.1. The molecule has 0 saturated carbocycles. The monoisotopic (exact) mass is 356 g/mol. The molecular formula is C16H24O3S2Si. The summed E-state index contributed by atoms with van der Waals surface area (Å²) in [6, 6.07) is 9.05. The number of hydrogen-bond donors (Lipinski definition) is 0. The normalized spacial score (nSPS) is 14.2. The number of carbonyl (C=O) groups is 1. The molecule has 0 bridgehead atoms. The third-order valence-corrected chi connectivity index (χ3v) is 7.37. The Hall–Kier alpha value is -0.853. The predicted molar refractivity (Wildman–Crippen MR) is 97.8 cm³/mol. The van der Waals surface area contributed by atoms with E-state index in [-0.39, 0.29) is 10.0 Å². The minimum Gasteiger partial charge on any atom is -0.285 e. The predicted octanol–water partition coefficient (Wildman–Crippen LogP) is 4.00. The van der Waals surface area contributed by atoms with Gasteiger partial charge in [0.1, 0.15) is 0 Å². The van der Waals surface area contributed by atoms with Crippen LogP contribution in [0.25, 0.3) is 0 Å². The fraction of sp³-hybridized carbons (Fsp3) is 0.438. The van der Waals surface area contributed by atoms with Gasteiger partial charge >= 0.3 is 0 Å². The van der Waals surface area contributed by atoms with Gasteiger partial charge in [-0.05, 0) is 23.9 Å². The molecule has 0 aliphatic carbocycles. The number of sulfone groups is 1. The van der Waals surface area contributed by atoms with Crippen molar-refractivity contribution < 1.29 is 13.2 Å². The van der Waals surface area contributed by atoms with E-state index in [1.165, 1.54) is 0 Å². The molecule has 1 rings (SSSR count). The number of benzene rings is 1. The average molecular weight is 357 g/mol. The number of hydrogen-bond acceptors (Lipinski definition) is 4. The van der Waals surface area contributed by atoms with E-state index in [1.54, 1.807) is 36.4 Å². The number of allylic oxidation sites excluding steroid dienone is 1. The lowest BCUT2D eigenvalue weighted by Gasteiger charge is -2.15. The van der Waals surface area contributed by atoms with Crippen molar-refractivity contribution in [3.8, 4) is 0 Å². The Balaban J connectivity index is 3.13. The molecule has 0 fully saturated rings. The maximum absolute atomic E-state index is 12.7. The van der Waals surface area contributed by atoms with Crippen LogP contribution in [0.15, 0.2) is 47.4 Å². The molecule has 1 aromatic rings. The first kappa shape index (κ1) is 19.2. The molecule has 0 aromatic heterocycles. The van der Waals surface area contributed by atoms with E-state index in [1.807, 2.05) is 13.0 Å². The van der Waals surface area contributed by atoms with E-state index in [9.17, 15) is 13.2 Å². The summed E-state index contributed by atoms with van der Waals surface area (Å²) in [5.74, 6) is 0.571. The molecule has 0 amide bonds. The lowest BCUT2D eigenvalue weighted by atomic mass is 10.4. The van der Waals surface area contributed by atoms with E-state index in [4.69, 9.17) is 0 Å². The van der Waals surface area contributed by atoms with Crippen molar-refractivity contribution >= 4 is 34.8 Å². The molecule has 0 radical (unpaired) electrons. The zero-order chi connectivity index (χ0) is 16.8. The van der Waals surface area contributed by atoms with Crippen molar-refractivity contribution in [1.82, 2.24) is 0 Å². The molecule has 0 aliphatic heterocycles. The maximum Gasteiger partial charge on any atom is 0.211 e. The van der Waals surface area contributed by atoms with Crippen molar-refractivity contribution in [2.45, 2.75) is 42.8 Å². The Kier molecular flexibility index (Phi) is 7.09. The third-order valence-electron chi connectivity index (χ3n) is 2.97. The van der Waals surface area contributed by atoms with Crippen LogP contribution in [0.1, 0.15) is 6.92 Å². The van der Waals surface area contributed by atoms with Crippen LogP contribution in [0.4, 0.5) is 0 Å². The molecule has 0 aliphatic rings. The van der Waals surface area contributed by atoms with E-state index in [0.717, 1.165) is 17.8 Å².